The highest BCUT2D eigenvalue weighted by Gasteiger charge is 2.02. The Morgan fingerprint density at radius 3 is 2.67 bits per heavy atom. The second kappa shape index (κ2) is 5.76. The lowest BCUT2D eigenvalue weighted by Gasteiger charge is -2.06. The van der Waals surface area contributed by atoms with Crippen molar-refractivity contribution in [1.82, 2.24) is 0 Å². The van der Waals surface area contributed by atoms with Gasteiger partial charge in [0.15, 0.2) is 6.29 Å². The average Bonchev–Trinajstić information content (AvgIpc) is 1.88. The first-order chi connectivity index (χ1) is 4.35. The lowest BCUT2D eigenvalue weighted by molar-refractivity contribution is 0.470. The number of rotatable bonds is 5. The summed E-state index contributed by atoms with van der Waals surface area (Å²) in [6, 6.07) is 0. The van der Waals surface area contributed by atoms with Crippen LogP contribution < -0.4 is 5.73 Å². The third-order valence-corrected chi connectivity index (χ3v) is 1.52. The summed E-state index contributed by atoms with van der Waals surface area (Å²) < 4.78 is 0. The van der Waals surface area contributed by atoms with Crippen LogP contribution in [0.4, 0.5) is 0 Å². The molecule has 0 saturated carbocycles. The van der Waals surface area contributed by atoms with Crippen molar-refractivity contribution < 1.29 is 4.79 Å². The van der Waals surface area contributed by atoms with Gasteiger partial charge in [0, 0.05) is 6.42 Å². The largest absolute Gasteiger partial charge is 0.330 e. The summed E-state index contributed by atoms with van der Waals surface area (Å²) in [5.74, 6) is 0.465. The Hall–Kier alpha value is -0.370. The van der Waals surface area contributed by atoms with Gasteiger partial charge in [-0.25, -0.2) is 0 Å². The van der Waals surface area contributed by atoms with E-state index in [-0.39, 0.29) is 0 Å². The van der Waals surface area contributed by atoms with Crippen molar-refractivity contribution in [2.45, 2.75) is 26.2 Å². The molecule has 2 nitrogen and oxygen atoms in total. The molecule has 1 unspecified atom stereocenters. The van der Waals surface area contributed by atoms with E-state index in [4.69, 9.17) is 5.73 Å². The first kappa shape index (κ1) is 8.63. The molecule has 0 spiro atoms. The van der Waals surface area contributed by atoms with E-state index in [1.807, 2.05) is 6.29 Å². The highest BCUT2D eigenvalue weighted by atomic mass is 16.1. The summed E-state index contributed by atoms with van der Waals surface area (Å²) in [4.78, 5) is 9.88. The summed E-state index contributed by atoms with van der Waals surface area (Å²) in [5.41, 5.74) is 5.31. The molecule has 0 heterocycles. The standard InChI is InChI=1S/C7H14NO/c1-2-7(3-5-8)4-6-9/h7H,2-5,8H2,1H3. The van der Waals surface area contributed by atoms with Gasteiger partial charge >= 0.3 is 0 Å². The quantitative estimate of drug-likeness (QED) is 0.596. The van der Waals surface area contributed by atoms with Crippen LogP contribution in [0.1, 0.15) is 26.2 Å². The molecule has 0 aromatic rings. The lowest BCUT2D eigenvalue weighted by Crippen LogP contribution is -2.08. The van der Waals surface area contributed by atoms with Crippen molar-refractivity contribution in [1.29, 1.82) is 0 Å². The summed E-state index contributed by atoms with van der Waals surface area (Å²) in [5, 5.41) is 0. The van der Waals surface area contributed by atoms with Crippen LogP contribution >= 0.6 is 0 Å². The third-order valence-electron chi connectivity index (χ3n) is 1.52. The zero-order valence-corrected chi connectivity index (χ0v) is 5.89. The maximum atomic E-state index is 9.88. The van der Waals surface area contributed by atoms with Crippen LogP contribution in [0.25, 0.3) is 0 Å². The van der Waals surface area contributed by atoms with E-state index in [0.29, 0.717) is 18.9 Å². The molecule has 0 aliphatic carbocycles. The van der Waals surface area contributed by atoms with E-state index in [9.17, 15) is 4.79 Å². The molecule has 0 amide bonds. The molecule has 1 radical (unpaired) electrons. The van der Waals surface area contributed by atoms with E-state index < -0.39 is 0 Å². The van der Waals surface area contributed by atoms with Gasteiger partial charge < -0.3 is 5.73 Å². The van der Waals surface area contributed by atoms with E-state index in [1.165, 1.54) is 0 Å². The monoisotopic (exact) mass is 128 g/mol. The van der Waals surface area contributed by atoms with E-state index in [1.54, 1.807) is 0 Å². The molecule has 1 atom stereocenters. The van der Waals surface area contributed by atoms with E-state index >= 15 is 0 Å². The minimum absolute atomic E-state index is 0.465. The predicted molar refractivity (Wildman–Crippen MR) is 37.8 cm³/mol. The number of hydrogen-bond donors (Lipinski definition) is 1. The molecular formula is C7H14NO. The van der Waals surface area contributed by atoms with Crippen molar-refractivity contribution in [3.63, 3.8) is 0 Å². The summed E-state index contributed by atoms with van der Waals surface area (Å²) in [6.07, 6.45) is 4.43. The van der Waals surface area contributed by atoms with Gasteiger partial charge in [-0.1, -0.05) is 13.3 Å². The molecule has 2 heteroatoms. The van der Waals surface area contributed by atoms with Crippen LogP contribution in [0.3, 0.4) is 0 Å². The van der Waals surface area contributed by atoms with Gasteiger partial charge in [-0.3, -0.25) is 4.79 Å². The molecule has 2 N–H and O–H groups in total. The van der Waals surface area contributed by atoms with Gasteiger partial charge in [0.1, 0.15) is 0 Å². The summed E-state index contributed by atoms with van der Waals surface area (Å²) in [6.45, 7) is 2.75. The van der Waals surface area contributed by atoms with Crippen molar-refractivity contribution in [2.75, 3.05) is 6.54 Å². The maximum Gasteiger partial charge on any atom is 0.198 e. The van der Waals surface area contributed by atoms with Gasteiger partial charge in [-0.15, -0.1) is 0 Å². The van der Waals surface area contributed by atoms with Gasteiger partial charge in [0.05, 0.1) is 0 Å². The molecule has 0 fully saturated rings. The van der Waals surface area contributed by atoms with Crippen LogP contribution in [0.5, 0.6) is 0 Å². The molecule has 0 bridgehead atoms. The number of carbonyl (C=O) groups excluding carboxylic acids is 1. The van der Waals surface area contributed by atoms with Gasteiger partial charge in [-0.2, -0.15) is 0 Å². The minimum Gasteiger partial charge on any atom is -0.330 e. The topological polar surface area (TPSA) is 43.1 Å². The SMILES string of the molecule is CCC(C[C]=O)CCN. The van der Waals surface area contributed by atoms with Gasteiger partial charge in [-0.05, 0) is 18.9 Å². The highest BCUT2D eigenvalue weighted by Crippen LogP contribution is 2.09. The summed E-state index contributed by atoms with van der Waals surface area (Å²) in [7, 11) is 0. The van der Waals surface area contributed by atoms with Gasteiger partial charge in [0.2, 0.25) is 0 Å². The molecule has 0 aliphatic rings. The number of nitrogens with two attached hydrogens (primary N) is 1. The molecule has 9 heavy (non-hydrogen) atoms. The van der Waals surface area contributed by atoms with Crippen molar-refractivity contribution >= 4 is 6.29 Å². The Labute approximate surface area is 56.4 Å². The Balaban J connectivity index is 3.28. The fourth-order valence-electron chi connectivity index (χ4n) is 0.804. The second-order valence-corrected chi connectivity index (χ2v) is 2.20. The smallest absolute Gasteiger partial charge is 0.198 e. The van der Waals surface area contributed by atoms with Crippen LogP contribution in [-0.4, -0.2) is 12.8 Å². The lowest BCUT2D eigenvalue weighted by atomic mass is 10.00. The molecule has 0 aromatic carbocycles. The number of hydrogen-bond acceptors (Lipinski definition) is 2. The molecule has 53 valence electrons. The third kappa shape index (κ3) is 4.15. The zero-order chi connectivity index (χ0) is 7.11. The average molecular weight is 128 g/mol. The van der Waals surface area contributed by atoms with Crippen LogP contribution in [0, 0.1) is 5.92 Å². The molecule has 0 aromatic heterocycles. The minimum atomic E-state index is 0.465. The molecule has 0 rings (SSSR count). The second-order valence-electron chi connectivity index (χ2n) is 2.20. The molecular weight excluding hydrogens is 114 g/mol. The van der Waals surface area contributed by atoms with Crippen molar-refractivity contribution in [3.8, 4) is 0 Å². The first-order valence-corrected chi connectivity index (χ1v) is 3.40. The highest BCUT2D eigenvalue weighted by molar-refractivity contribution is 5.50. The Bertz CT molecular complexity index is 73.3. The Morgan fingerprint density at radius 2 is 2.33 bits per heavy atom. The first-order valence-electron chi connectivity index (χ1n) is 3.40. The van der Waals surface area contributed by atoms with E-state index in [2.05, 4.69) is 6.92 Å². The van der Waals surface area contributed by atoms with Crippen molar-refractivity contribution in [2.24, 2.45) is 11.7 Å². The summed E-state index contributed by atoms with van der Waals surface area (Å²) >= 11 is 0. The van der Waals surface area contributed by atoms with E-state index in [0.717, 1.165) is 12.8 Å². The normalized spacial score (nSPS) is 13.1. The Morgan fingerprint density at radius 1 is 1.67 bits per heavy atom. The Kier molecular flexibility index (Phi) is 5.52. The van der Waals surface area contributed by atoms with Crippen LogP contribution in [-0.2, 0) is 4.79 Å². The zero-order valence-electron chi connectivity index (χ0n) is 5.89. The fraction of sp³-hybridized carbons (Fsp3) is 0.857. The molecule has 0 saturated heterocycles. The van der Waals surface area contributed by atoms with Crippen LogP contribution in [0.2, 0.25) is 0 Å². The van der Waals surface area contributed by atoms with Crippen molar-refractivity contribution in [3.05, 3.63) is 0 Å². The predicted octanol–water partition coefficient (Wildman–Crippen LogP) is 0.861. The maximum absolute atomic E-state index is 9.88. The van der Waals surface area contributed by atoms with Crippen LogP contribution in [0.15, 0.2) is 0 Å². The molecule has 0 aliphatic heterocycles. The van der Waals surface area contributed by atoms with Gasteiger partial charge in [0.25, 0.3) is 0 Å². The fourth-order valence-corrected chi connectivity index (χ4v) is 0.804.